The van der Waals surface area contributed by atoms with E-state index in [1.165, 1.54) is 16.4 Å². The molecule has 0 radical (unpaired) electrons. The van der Waals surface area contributed by atoms with Crippen molar-refractivity contribution in [1.29, 1.82) is 0 Å². The van der Waals surface area contributed by atoms with Crippen LogP contribution in [0.25, 0.3) is 0 Å². The number of aryl methyl sites for hydroxylation is 1. The fourth-order valence-corrected chi connectivity index (χ4v) is 5.37. The molecule has 152 valence electrons. The first kappa shape index (κ1) is 21.1. The second-order valence-corrected chi connectivity index (χ2v) is 9.58. The lowest BCUT2D eigenvalue weighted by Gasteiger charge is -2.32. The first-order valence-electron chi connectivity index (χ1n) is 8.81. The van der Waals surface area contributed by atoms with Gasteiger partial charge in [0.1, 0.15) is 11.0 Å². The molecule has 1 saturated heterocycles. The zero-order chi connectivity index (χ0) is 20.5. The minimum Gasteiger partial charge on any atom is -0.470 e. The van der Waals surface area contributed by atoms with Gasteiger partial charge in [0.05, 0.1) is 11.6 Å². The summed E-state index contributed by atoms with van der Waals surface area (Å²) in [5, 5.41) is 0.546. The van der Waals surface area contributed by atoms with E-state index in [1.54, 1.807) is 24.2 Å². The predicted molar refractivity (Wildman–Crippen MR) is 110 cm³/mol. The predicted octanol–water partition coefficient (Wildman–Crippen LogP) is 3.39. The van der Waals surface area contributed by atoms with Gasteiger partial charge in [-0.25, -0.2) is 18.4 Å². The average Bonchev–Trinajstić information content (AvgIpc) is 2.65. The Bertz CT molecular complexity index is 969. The van der Waals surface area contributed by atoms with Gasteiger partial charge in [0.15, 0.2) is 5.82 Å². The van der Waals surface area contributed by atoms with Crippen LogP contribution < -0.4 is 9.64 Å². The normalized spacial score (nSPS) is 18.1. The van der Waals surface area contributed by atoms with Crippen LogP contribution in [0.1, 0.15) is 18.4 Å². The molecule has 1 aliphatic rings. The SMILES string of the molecule is Cc1cc(S(=O)(=O)N2CCCC(Oc3nccnc3N(C)C)C2)c(Cl)cc1Cl. The number of hydrogen-bond donors (Lipinski definition) is 0. The van der Waals surface area contributed by atoms with Gasteiger partial charge in [-0.3, -0.25) is 0 Å². The molecule has 0 N–H and O–H groups in total. The molecular weight excluding hydrogens is 423 g/mol. The zero-order valence-electron chi connectivity index (χ0n) is 15.9. The second kappa shape index (κ2) is 8.41. The van der Waals surface area contributed by atoms with E-state index in [4.69, 9.17) is 27.9 Å². The molecule has 3 rings (SSSR count). The highest BCUT2D eigenvalue weighted by molar-refractivity contribution is 7.89. The highest BCUT2D eigenvalue weighted by atomic mass is 35.5. The van der Waals surface area contributed by atoms with Crippen molar-refractivity contribution in [2.45, 2.75) is 30.8 Å². The van der Waals surface area contributed by atoms with E-state index in [-0.39, 0.29) is 22.6 Å². The highest BCUT2D eigenvalue weighted by Crippen LogP contribution is 2.32. The summed E-state index contributed by atoms with van der Waals surface area (Å²) in [6.07, 6.45) is 4.21. The summed E-state index contributed by atoms with van der Waals surface area (Å²) in [6.45, 7) is 2.36. The van der Waals surface area contributed by atoms with Crippen molar-refractivity contribution in [2.75, 3.05) is 32.1 Å². The van der Waals surface area contributed by atoms with Crippen LogP contribution in [0.3, 0.4) is 0 Å². The molecule has 10 heteroatoms. The molecule has 7 nitrogen and oxygen atoms in total. The third-order valence-electron chi connectivity index (χ3n) is 4.52. The number of anilines is 1. The van der Waals surface area contributed by atoms with E-state index in [0.717, 1.165) is 6.42 Å². The fraction of sp³-hybridized carbons (Fsp3) is 0.444. The minimum absolute atomic E-state index is 0.0604. The lowest BCUT2D eigenvalue weighted by molar-refractivity contribution is 0.125. The molecule has 1 aromatic heterocycles. The fourth-order valence-electron chi connectivity index (χ4n) is 3.05. The van der Waals surface area contributed by atoms with E-state index < -0.39 is 10.0 Å². The molecule has 1 fully saturated rings. The minimum atomic E-state index is -3.77. The third-order valence-corrected chi connectivity index (χ3v) is 7.26. The standard InChI is InChI=1S/C18H22Cl2N4O3S/c1-12-9-16(15(20)10-14(12)19)28(25,26)24-8-4-5-13(11-24)27-18-17(23(2)3)21-6-7-22-18/h6-7,9-10,13H,4-5,8,11H2,1-3H3. The monoisotopic (exact) mass is 444 g/mol. The third kappa shape index (κ3) is 4.35. The van der Waals surface area contributed by atoms with Gasteiger partial charge in [-0.15, -0.1) is 0 Å². The van der Waals surface area contributed by atoms with E-state index in [1.807, 2.05) is 14.1 Å². The van der Waals surface area contributed by atoms with Crippen molar-refractivity contribution in [3.63, 3.8) is 0 Å². The Balaban J connectivity index is 1.83. The summed E-state index contributed by atoms with van der Waals surface area (Å²) in [7, 11) is -0.0741. The van der Waals surface area contributed by atoms with Crippen molar-refractivity contribution in [1.82, 2.24) is 14.3 Å². The Kier molecular flexibility index (Phi) is 6.34. The van der Waals surface area contributed by atoms with Crippen LogP contribution in [0, 0.1) is 6.92 Å². The topological polar surface area (TPSA) is 75.6 Å². The van der Waals surface area contributed by atoms with Crippen LogP contribution in [0.5, 0.6) is 5.88 Å². The number of rotatable bonds is 5. The van der Waals surface area contributed by atoms with Gasteiger partial charge in [-0.05, 0) is 37.5 Å². The number of nitrogens with zero attached hydrogens (tertiary/aromatic N) is 4. The number of hydrogen-bond acceptors (Lipinski definition) is 6. The Morgan fingerprint density at radius 1 is 1.18 bits per heavy atom. The molecule has 0 amide bonds. The maximum absolute atomic E-state index is 13.2. The molecule has 0 saturated carbocycles. The summed E-state index contributed by atoms with van der Waals surface area (Å²) in [5.41, 5.74) is 0.657. The molecule has 2 heterocycles. The molecule has 1 aliphatic heterocycles. The number of aromatic nitrogens is 2. The van der Waals surface area contributed by atoms with Gasteiger partial charge in [0, 0.05) is 38.1 Å². The lowest BCUT2D eigenvalue weighted by Crippen LogP contribution is -2.44. The zero-order valence-corrected chi connectivity index (χ0v) is 18.2. The smallest absolute Gasteiger partial charge is 0.257 e. The summed E-state index contributed by atoms with van der Waals surface area (Å²) >= 11 is 12.2. The summed E-state index contributed by atoms with van der Waals surface area (Å²) in [4.78, 5) is 10.4. The first-order valence-corrected chi connectivity index (χ1v) is 11.0. The van der Waals surface area contributed by atoms with Crippen LogP contribution in [-0.4, -0.2) is 56.0 Å². The summed E-state index contributed by atoms with van der Waals surface area (Å²) in [5.74, 6) is 0.982. The van der Waals surface area contributed by atoms with Crippen molar-refractivity contribution in [3.8, 4) is 5.88 Å². The molecule has 1 unspecified atom stereocenters. The number of ether oxygens (including phenoxy) is 1. The van der Waals surface area contributed by atoms with E-state index >= 15 is 0 Å². The quantitative estimate of drug-likeness (QED) is 0.703. The maximum Gasteiger partial charge on any atom is 0.257 e. The van der Waals surface area contributed by atoms with Gasteiger partial charge >= 0.3 is 0 Å². The number of halogens is 2. The van der Waals surface area contributed by atoms with Crippen LogP contribution in [0.15, 0.2) is 29.4 Å². The van der Waals surface area contributed by atoms with E-state index in [9.17, 15) is 8.42 Å². The lowest BCUT2D eigenvalue weighted by atomic mass is 10.1. The van der Waals surface area contributed by atoms with Gasteiger partial charge < -0.3 is 9.64 Å². The van der Waals surface area contributed by atoms with E-state index in [2.05, 4.69) is 9.97 Å². The van der Waals surface area contributed by atoms with Crippen LogP contribution in [-0.2, 0) is 10.0 Å². The van der Waals surface area contributed by atoms with Crippen LogP contribution >= 0.6 is 23.2 Å². The molecule has 0 bridgehead atoms. The Hall–Kier alpha value is -1.61. The van der Waals surface area contributed by atoms with Crippen LogP contribution in [0.4, 0.5) is 5.82 Å². The summed E-state index contributed by atoms with van der Waals surface area (Å²) in [6, 6.07) is 2.98. The van der Waals surface area contributed by atoms with Crippen LogP contribution in [0.2, 0.25) is 10.0 Å². The Morgan fingerprint density at radius 2 is 1.89 bits per heavy atom. The largest absolute Gasteiger partial charge is 0.470 e. The summed E-state index contributed by atoms with van der Waals surface area (Å²) < 4.78 is 33.7. The van der Waals surface area contributed by atoms with Crippen molar-refractivity contribution >= 4 is 39.0 Å². The Labute approximate surface area is 175 Å². The highest BCUT2D eigenvalue weighted by Gasteiger charge is 2.33. The number of sulfonamides is 1. The van der Waals surface area contributed by atoms with Gasteiger partial charge in [0.2, 0.25) is 10.0 Å². The first-order chi connectivity index (χ1) is 13.2. The molecule has 28 heavy (non-hydrogen) atoms. The molecule has 1 atom stereocenters. The Morgan fingerprint density at radius 3 is 2.61 bits per heavy atom. The van der Waals surface area contributed by atoms with Gasteiger partial charge in [-0.2, -0.15) is 4.31 Å². The van der Waals surface area contributed by atoms with Crippen molar-refractivity contribution in [3.05, 3.63) is 40.1 Å². The molecular formula is C18H22Cl2N4O3S. The number of benzene rings is 1. The second-order valence-electron chi connectivity index (χ2n) is 6.86. The molecule has 1 aromatic carbocycles. The number of piperidine rings is 1. The van der Waals surface area contributed by atoms with Gasteiger partial charge in [-0.1, -0.05) is 23.2 Å². The van der Waals surface area contributed by atoms with E-state index in [0.29, 0.717) is 35.2 Å². The molecule has 0 aliphatic carbocycles. The maximum atomic E-state index is 13.2. The average molecular weight is 445 g/mol. The van der Waals surface area contributed by atoms with Crippen molar-refractivity contribution in [2.24, 2.45) is 0 Å². The molecule has 0 spiro atoms. The van der Waals surface area contributed by atoms with Crippen molar-refractivity contribution < 1.29 is 13.2 Å². The van der Waals surface area contributed by atoms with Gasteiger partial charge in [0.25, 0.3) is 5.88 Å². The molecule has 2 aromatic rings.